The molecule has 1 amide bonds. The van der Waals surface area contributed by atoms with Crippen molar-refractivity contribution < 1.29 is 23.5 Å². The Balaban J connectivity index is 2.45. The number of carboxylic acid groups (broad SMARTS) is 1. The Morgan fingerprint density at radius 1 is 1.37 bits per heavy atom. The first-order chi connectivity index (χ1) is 8.99. The first-order valence-corrected chi connectivity index (χ1v) is 5.21. The highest BCUT2D eigenvalue weighted by atomic mass is 19.1. The van der Waals surface area contributed by atoms with Gasteiger partial charge in [-0.3, -0.25) is 9.59 Å². The number of carbonyl (C=O) groups is 2. The zero-order valence-electron chi connectivity index (χ0n) is 9.47. The summed E-state index contributed by atoms with van der Waals surface area (Å²) in [6.07, 6.45) is 0. The van der Waals surface area contributed by atoms with Gasteiger partial charge in [0, 0.05) is 5.39 Å². The minimum Gasteiger partial charge on any atom is -0.480 e. The third-order valence-electron chi connectivity index (χ3n) is 2.36. The van der Waals surface area contributed by atoms with Gasteiger partial charge < -0.3 is 14.8 Å². The SMILES string of the molecule is O=C(O)CNC(=O)c1cc2cccc(F)c2oc1=O. The van der Waals surface area contributed by atoms with Crippen LogP contribution in [0.2, 0.25) is 0 Å². The van der Waals surface area contributed by atoms with Crippen molar-refractivity contribution in [3.8, 4) is 0 Å². The number of hydrogen-bond donors (Lipinski definition) is 2. The van der Waals surface area contributed by atoms with E-state index in [-0.39, 0.29) is 16.5 Å². The number of rotatable bonds is 3. The Morgan fingerprint density at radius 3 is 2.79 bits per heavy atom. The van der Waals surface area contributed by atoms with E-state index in [4.69, 9.17) is 9.52 Å². The number of para-hydroxylation sites is 1. The molecule has 2 aromatic rings. The minimum absolute atomic E-state index is 0.236. The molecule has 0 bridgehead atoms. The fourth-order valence-electron chi connectivity index (χ4n) is 1.52. The molecule has 0 radical (unpaired) electrons. The molecule has 0 spiro atoms. The predicted octanol–water partition coefficient (Wildman–Crippen LogP) is 0.746. The zero-order chi connectivity index (χ0) is 14.0. The molecule has 98 valence electrons. The van der Waals surface area contributed by atoms with E-state index in [9.17, 15) is 18.8 Å². The summed E-state index contributed by atoms with van der Waals surface area (Å²) >= 11 is 0. The average molecular weight is 265 g/mol. The second-order valence-corrected chi connectivity index (χ2v) is 3.68. The Labute approximate surface area is 105 Å². The molecular weight excluding hydrogens is 257 g/mol. The van der Waals surface area contributed by atoms with Crippen molar-refractivity contribution in [2.24, 2.45) is 0 Å². The summed E-state index contributed by atoms with van der Waals surface area (Å²) in [5.74, 6) is -2.85. The second-order valence-electron chi connectivity index (χ2n) is 3.68. The monoisotopic (exact) mass is 265 g/mol. The van der Waals surface area contributed by atoms with Gasteiger partial charge in [-0.1, -0.05) is 12.1 Å². The van der Waals surface area contributed by atoms with Crippen LogP contribution in [0.3, 0.4) is 0 Å². The smallest absolute Gasteiger partial charge is 0.349 e. The molecule has 0 atom stereocenters. The average Bonchev–Trinajstić information content (AvgIpc) is 2.36. The molecule has 6 nitrogen and oxygen atoms in total. The number of fused-ring (bicyclic) bond motifs is 1. The number of halogens is 1. The first-order valence-electron chi connectivity index (χ1n) is 5.21. The maximum absolute atomic E-state index is 13.3. The van der Waals surface area contributed by atoms with Crippen LogP contribution < -0.4 is 10.9 Å². The number of nitrogens with one attached hydrogen (secondary N) is 1. The number of carboxylic acids is 1. The summed E-state index contributed by atoms with van der Waals surface area (Å²) in [5.41, 5.74) is -1.65. The minimum atomic E-state index is -1.25. The lowest BCUT2D eigenvalue weighted by molar-refractivity contribution is -0.135. The Kier molecular flexibility index (Phi) is 3.28. The lowest BCUT2D eigenvalue weighted by Crippen LogP contribution is -2.32. The van der Waals surface area contributed by atoms with Gasteiger partial charge in [0.1, 0.15) is 12.1 Å². The summed E-state index contributed by atoms with van der Waals surface area (Å²) in [4.78, 5) is 33.4. The highest BCUT2D eigenvalue weighted by Crippen LogP contribution is 2.16. The van der Waals surface area contributed by atoms with Crippen molar-refractivity contribution in [3.05, 3.63) is 46.1 Å². The normalized spacial score (nSPS) is 10.4. The van der Waals surface area contributed by atoms with E-state index in [0.717, 1.165) is 12.1 Å². The molecule has 2 rings (SSSR count). The summed E-state index contributed by atoms with van der Waals surface area (Å²) < 4.78 is 18.1. The van der Waals surface area contributed by atoms with Gasteiger partial charge in [-0.25, -0.2) is 9.18 Å². The number of benzene rings is 1. The van der Waals surface area contributed by atoms with E-state index in [1.807, 2.05) is 5.32 Å². The molecule has 0 aliphatic rings. The van der Waals surface area contributed by atoms with Crippen LogP contribution >= 0.6 is 0 Å². The Hall–Kier alpha value is -2.70. The van der Waals surface area contributed by atoms with E-state index < -0.39 is 29.9 Å². The fraction of sp³-hybridized carbons (Fsp3) is 0.0833. The molecule has 0 saturated heterocycles. The van der Waals surface area contributed by atoms with E-state index in [2.05, 4.69) is 0 Å². The quantitative estimate of drug-likeness (QED) is 0.798. The number of hydrogen-bond acceptors (Lipinski definition) is 4. The summed E-state index contributed by atoms with van der Waals surface area (Å²) in [5, 5.41) is 10.7. The van der Waals surface area contributed by atoms with E-state index >= 15 is 0 Å². The van der Waals surface area contributed by atoms with Crippen LogP contribution in [0, 0.1) is 5.82 Å². The molecule has 0 saturated carbocycles. The molecule has 0 fully saturated rings. The van der Waals surface area contributed by atoms with Gasteiger partial charge in [0.2, 0.25) is 0 Å². The van der Waals surface area contributed by atoms with Gasteiger partial charge in [0.15, 0.2) is 11.4 Å². The Bertz CT molecular complexity index is 722. The largest absolute Gasteiger partial charge is 0.480 e. The maximum atomic E-state index is 13.3. The van der Waals surface area contributed by atoms with E-state index in [1.54, 1.807) is 0 Å². The molecule has 1 aromatic heterocycles. The van der Waals surface area contributed by atoms with Crippen LogP contribution in [0.25, 0.3) is 11.0 Å². The molecule has 0 unspecified atom stereocenters. The van der Waals surface area contributed by atoms with Crippen LogP contribution in [0.15, 0.2) is 33.5 Å². The van der Waals surface area contributed by atoms with Gasteiger partial charge >= 0.3 is 11.6 Å². The van der Waals surface area contributed by atoms with E-state index in [0.29, 0.717) is 0 Å². The molecule has 7 heteroatoms. The number of carbonyl (C=O) groups excluding carboxylic acids is 1. The van der Waals surface area contributed by atoms with Crippen LogP contribution in [0.5, 0.6) is 0 Å². The predicted molar refractivity (Wildman–Crippen MR) is 62.4 cm³/mol. The molecule has 0 aliphatic carbocycles. The topological polar surface area (TPSA) is 96.6 Å². The van der Waals surface area contributed by atoms with Gasteiger partial charge in [-0.2, -0.15) is 0 Å². The van der Waals surface area contributed by atoms with Gasteiger partial charge in [0.25, 0.3) is 5.91 Å². The molecular formula is C12H8FNO5. The molecule has 0 aliphatic heterocycles. The van der Waals surface area contributed by atoms with Crippen LogP contribution in [-0.2, 0) is 4.79 Å². The fourth-order valence-corrected chi connectivity index (χ4v) is 1.52. The third kappa shape index (κ3) is 2.59. The van der Waals surface area contributed by atoms with Gasteiger partial charge in [-0.15, -0.1) is 0 Å². The highest BCUT2D eigenvalue weighted by molar-refractivity contribution is 5.97. The Morgan fingerprint density at radius 2 is 2.11 bits per heavy atom. The van der Waals surface area contributed by atoms with Crippen LogP contribution in [0.1, 0.15) is 10.4 Å². The number of amides is 1. The second kappa shape index (κ2) is 4.89. The van der Waals surface area contributed by atoms with Crippen LogP contribution in [0.4, 0.5) is 4.39 Å². The lowest BCUT2D eigenvalue weighted by atomic mass is 10.1. The summed E-state index contributed by atoms with van der Waals surface area (Å²) in [7, 11) is 0. The molecule has 1 aromatic carbocycles. The third-order valence-corrected chi connectivity index (χ3v) is 2.36. The van der Waals surface area contributed by atoms with Gasteiger partial charge in [-0.05, 0) is 12.1 Å². The van der Waals surface area contributed by atoms with Crippen molar-refractivity contribution in [3.63, 3.8) is 0 Å². The van der Waals surface area contributed by atoms with E-state index in [1.165, 1.54) is 12.1 Å². The van der Waals surface area contributed by atoms with Gasteiger partial charge in [0.05, 0.1) is 0 Å². The zero-order valence-corrected chi connectivity index (χ0v) is 9.47. The number of aliphatic carboxylic acids is 1. The summed E-state index contributed by atoms with van der Waals surface area (Å²) in [6.45, 7) is -0.626. The standard InChI is InChI=1S/C12H8FNO5/c13-8-3-1-2-6-4-7(12(18)19-10(6)8)11(17)14-5-9(15)16/h1-4H,5H2,(H,14,17)(H,15,16). The molecule has 2 N–H and O–H groups in total. The van der Waals surface area contributed by atoms with Crippen molar-refractivity contribution in [1.82, 2.24) is 5.32 Å². The summed E-state index contributed by atoms with van der Waals surface area (Å²) in [6, 6.07) is 5.14. The van der Waals surface area contributed by atoms with Crippen molar-refractivity contribution in [2.75, 3.05) is 6.54 Å². The van der Waals surface area contributed by atoms with Crippen molar-refractivity contribution in [1.29, 1.82) is 0 Å². The lowest BCUT2D eigenvalue weighted by Gasteiger charge is -2.03. The van der Waals surface area contributed by atoms with Crippen molar-refractivity contribution >= 4 is 22.8 Å². The first kappa shape index (κ1) is 12.7. The van der Waals surface area contributed by atoms with Crippen LogP contribution in [-0.4, -0.2) is 23.5 Å². The highest BCUT2D eigenvalue weighted by Gasteiger charge is 2.15. The molecule has 1 heterocycles. The van der Waals surface area contributed by atoms with Crippen molar-refractivity contribution in [2.45, 2.75) is 0 Å². The maximum Gasteiger partial charge on any atom is 0.349 e. The molecule has 19 heavy (non-hydrogen) atoms.